The molecule has 0 aliphatic carbocycles. The van der Waals surface area contributed by atoms with Crippen molar-refractivity contribution < 1.29 is 28.6 Å². The third kappa shape index (κ3) is 43.5. The van der Waals surface area contributed by atoms with E-state index in [0.717, 1.165) is 63.7 Å². The number of hydrogen-bond acceptors (Lipinski definition) is 6. The van der Waals surface area contributed by atoms with Crippen molar-refractivity contribution in [3.63, 3.8) is 0 Å². The maximum Gasteiger partial charge on any atom is 0.306 e. The predicted molar refractivity (Wildman–Crippen MR) is 238 cm³/mol. The van der Waals surface area contributed by atoms with Crippen molar-refractivity contribution in [2.24, 2.45) is 5.92 Å². The second-order valence-corrected chi connectivity index (χ2v) is 17.6. The molecule has 0 aromatic heterocycles. The average molecular weight is 793 g/mol. The number of hydrogen-bond donors (Lipinski definition) is 0. The fraction of sp³-hybridized carbons (Fsp3) is 0.940. The first kappa shape index (κ1) is 54.4. The van der Waals surface area contributed by atoms with Gasteiger partial charge in [0.1, 0.15) is 13.2 Å². The predicted octanol–water partition coefficient (Wildman–Crippen LogP) is 15.9. The number of ether oxygens (including phenoxy) is 3. The van der Waals surface area contributed by atoms with Crippen LogP contribution in [0.3, 0.4) is 0 Å². The van der Waals surface area contributed by atoms with Crippen LogP contribution in [-0.4, -0.2) is 37.2 Å². The smallest absolute Gasteiger partial charge is 0.306 e. The highest BCUT2D eigenvalue weighted by Crippen LogP contribution is 2.17. The molecule has 0 heterocycles. The second-order valence-electron chi connectivity index (χ2n) is 17.6. The number of carbonyl (C=O) groups excluding carboxylic acids is 3. The monoisotopic (exact) mass is 793 g/mol. The molecule has 6 heteroatoms. The maximum atomic E-state index is 12.7. The molecule has 56 heavy (non-hydrogen) atoms. The molecule has 0 aliphatic heterocycles. The Morgan fingerprint density at radius 3 is 0.875 bits per heavy atom. The normalized spacial score (nSPS) is 11.9. The van der Waals surface area contributed by atoms with Crippen LogP contribution in [0, 0.1) is 5.92 Å². The lowest BCUT2D eigenvalue weighted by molar-refractivity contribution is -0.167. The standard InChI is InChI=1S/C50H96O6/c1-5-7-9-11-13-15-26-30-34-38-42-49(52)55-45-47(44-54-48(51)41-37-33-29-24-14-12-10-8-6-2)56-50(53)43-39-35-31-27-23-21-19-17-16-18-20-22-25-28-32-36-40-46(3)4/h46-47H,5-45H2,1-4H3/t47-/m0/s1. The van der Waals surface area contributed by atoms with Gasteiger partial charge in [0.25, 0.3) is 0 Å². The minimum atomic E-state index is -0.759. The highest BCUT2D eigenvalue weighted by Gasteiger charge is 2.19. The molecule has 0 radical (unpaired) electrons. The van der Waals surface area contributed by atoms with Crippen molar-refractivity contribution in [1.82, 2.24) is 0 Å². The molecular formula is C50H96O6. The zero-order chi connectivity index (χ0) is 41.0. The van der Waals surface area contributed by atoms with Crippen LogP contribution in [0.25, 0.3) is 0 Å². The highest BCUT2D eigenvalue weighted by molar-refractivity contribution is 5.71. The molecule has 0 aliphatic rings. The average Bonchev–Trinajstić information content (AvgIpc) is 3.18. The summed E-state index contributed by atoms with van der Waals surface area (Å²) < 4.78 is 16.7. The third-order valence-electron chi connectivity index (χ3n) is 11.3. The van der Waals surface area contributed by atoms with Crippen molar-refractivity contribution in [1.29, 1.82) is 0 Å². The largest absolute Gasteiger partial charge is 0.462 e. The van der Waals surface area contributed by atoms with Crippen molar-refractivity contribution >= 4 is 17.9 Å². The molecule has 0 N–H and O–H groups in total. The Labute approximate surface area is 348 Å². The molecule has 0 bridgehead atoms. The van der Waals surface area contributed by atoms with E-state index in [2.05, 4.69) is 27.7 Å². The highest BCUT2D eigenvalue weighted by atomic mass is 16.6. The summed E-state index contributed by atoms with van der Waals surface area (Å²) in [5, 5.41) is 0. The van der Waals surface area contributed by atoms with Crippen LogP contribution in [0.5, 0.6) is 0 Å². The summed E-state index contributed by atoms with van der Waals surface area (Å²) in [6.07, 6.45) is 45.2. The van der Waals surface area contributed by atoms with E-state index in [1.165, 1.54) is 173 Å². The van der Waals surface area contributed by atoms with E-state index < -0.39 is 6.10 Å². The Hall–Kier alpha value is -1.59. The summed E-state index contributed by atoms with van der Waals surface area (Å²) in [6.45, 7) is 9.00. The third-order valence-corrected chi connectivity index (χ3v) is 11.3. The van der Waals surface area contributed by atoms with Gasteiger partial charge < -0.3 is 14.2 Å². The Balaban J connectivity index is 4.21. The minimum Gasteiger partial charge on any atom is -0.462 e. The van der Waals surface area contributed by atoms with Gasteiger partial charge in [-0.05, 0) is 25.2 Å². The van der Waals surface area contributed by atoms with E-state index >= 15 is 0 Å². The van der Waals surface area contributed by atoms with Gasteiger partial charge in [-0.15, -0.1) is 0 Å². The van der Waals surface area contributed by atoms with E-state index in [4.69, 9.17) is 14.2 Å². The molecular weight excluding hydrogens is 697 g/mol. The van der Waals surface area contributed by atoms with Crippen LogP contribution in [-0.2, 0) is 28.6 Å². The summed E-state index contributed by atoms with van der Waals surface area (Å²) in [7, 11) is 0. The van der Waals surface area contributed by atoms with Crippen LogP contribution in [0.1, 0.15) is 278 Å². The Kier molecular flexibility index (Phi) is 43.2. The van der Waals surface area contributed by atoms with Crippen LogP contribution in [0.15, 0.2) is 0 Å². The molecule has 0 saturated carbocycles. The lowest BCUT2D eigenvalue weighted by Gasteiger charge is -2.18. The van der Waals surface area contributed by atoms with Crippen molar-refractivity contribution in [2.45, 2.75) is 284 Å². The number of esters is 3. The van der Waals surface area contributed by atoms with Crippen LogP contribution >= 0.6 is 0 Å². The van der Waals surface area contributed by atoms with Gasteiger partial charge >= 0.3 is 17.9 Å². The molecule has 1 atom stereocenters. The molecule has 0 spiro atoms. The first-order chi connectivity index (χ1) is 27.4. The van der Waals surface area contributed by atoms with E-state index in [-0.39, 0.29) is 31.1 Å². The lowest BCUT2D eigenvalue weighted by atomic mass is 10.0. The Bertz CT molecular complexity index is 841. The molecule has 6 nitrogen and oxygen atoms in total. The van der Waals surface area contributed by atoms with Gasteiger partial charge in [0.15, 0.2) is 6.10 Å². The summed E-state index contributed by atoms with van der Waals surface area (Å²) in [5.74, 6) is 0.000443. The molecule has 0 amide bonds. The van der Waals surface area contributed by atoms with Crippen molar-refractivity contribution in [3.05, 3.63) is 0 Å². The fourth-order valence-corrected chi connectivity index (χ4v) is 7.51. The Morgan fingerprint density at radius 2 is 0.589 bits per heavy atom. The van der Waals surface area contributed by atoms with Gasteiger partial charge in [-0.3, -0.25) is 14.4 Å². The summed E-state index contributed by atoms with van der Waals surface area (Å²) >= 11 is 0. The van der Waals surface area contributed by atoms with Crippen LogP contribution in [0.2, 0.25) is 0 Å². The lowest BCUT2D eigenvalue weighted by Crippen LogP contribution is -2.30. The van der Waals surface area contributed by atoms with E-state index in [0.29, 0.717) is 19.3 Å². The minimum absolute atomic E-state index is 0.0633. The van der Waals surface area contributed by atoms with Crippen LogP contribution in [0.4, 0.5) is 0 Å². The van der Waals surface area contributed by atoms with Gasteiger partial charge in [0.2, 0.25) is 0 Å². The first-order valence-corrected chi connectivity index (χ1v) is 24.9. The van der Waals surface area contributed by atoms with Gasteiger partial charge in [-0.25, -0.2) is 0 Å². The summed E-state index contributed by atoms with van der Waals surface area (Å²) in [4.78, 5) is 37.7. The second kappa shape index (κ2) is 44.5. The quantitative estimate of drug-likeness (QED) is 0.0347. The topological polar surface area (TPSA) is 78.9 Å². The number of rotatable bonds is 45. The SMILES string of the molecule is CCCCCCCCCCCCC(=O)OC[C@H](COC(=O)CCCCCCCCCCC)OC(=O)CCCCCCCCCCCCCCCCCCC(C)C. The number of carbonyl (C=O) groups is 3. The molecule has 0 rings (SSSR count). The molecule has 0 unspecified atom stereocenters. The molecule has 0 fully saturated rings. The zero-order valence-corrected chi connectivity index (χ0v) is 38.1. The van der Waals surface area contributed by atoms with Gasteiger partial charge in [0.05, 0.1) is 0 Å². The van der Waals surface area contributed by atoms with E-state index in [1.807, 2.05) is 0 Å². The van der Waals surface area contributed by atoms with E-state index in [1.54, 1.807) is 0 Å². The number of unbranched alkanes of at least 4 members (excludes halogenated alkanes) is 32. The summed E-state index contributed by atoms with van der Waals surface area (Å²) in [5.41, 5.74) is 0. The first-order valence-electron chi connectivity index (χ1n) is 24.9. The molecule has 0 saturated heterocycles. The molecule has 0 aromatic carbocycles. The van der Waals surface area contributed by atoms with Gasteiger partial charge in [-0.2, -0.15) is 0 Å². The van der Waals surface area contributed by atoms with Crippen molar-refractivity contribution in [3.8, 4) is 0 Å². The zero-order valence-electron chi connectivity index (χ0n) is 38.1. The van der Waals surface area contributed by atoms with Crippen LogP contribution < -0.4 is 0 Å². The van der Waals surface area contributed by atoms with E-state index in [9.17, 15) is 14.4 Å². The summed E-state index contributed by atoms with van der Waals surface area (Å²) in [6, 6.07) is 0. The maximum absolute atomic E-state index is 12.7. The molecule has 0 aromatic rings. The molecule has 332 valence electrons. The van der Waals surface area contributed by atoms with Gasteiger partial charge in [-0.1, -0.05) is 240 Å². The fourth-order valence-electron chi connectivity index (χ4n) is 7.51. The van der Waals surface area contributed by atoms with Gasteiger partial charge in [0, 0.05) is 19.3 Å². The van der Waals surface area contributed by atoms with Crippen molar-refractivity contribution in [2.75, 3.05) is 13.2 Å². The Morgan fingerprint density at radius 1 is 0.339 bits per heavy atom.